The standard InChI is InChI=1S/C14H16N2OS/c1-11-4-6-12(7-5-11)16(9-8-15)14(17)13-3-2-10-18-13/h2-7,10H,8-9,15H2,1H3. The van der Waals surface area contributed by atoms with Crippen molar-refractivity contribution in [3.8, 4) is 0 Å². The van der Waals surface area contributed by atoms with Crippen molar-refractivity contribution in [1.29, 1.82) is 0 Å². The third-order valence-corrected chi connectivity index (χ3v) is 3.53. The molecule has 18 heavy (non-hydrogen) atoms. The second kappa shape index (κ2) is 5.80. The highest BCUT2D eigenvalue weighted by Crippen LogP contribution is 2.19. The van der Waals surface area contributed by atoms with E-state index in [0.29, 0.717) is 13.1 Å². The molecule has 0 aliphatic rings. The summed E-state index contributed by atoms with van der Waals surface area (Å²) >= 11 is 1.45. The Morgan fingerprint density at radius 2 is 2.00 bits per heavy atom. The maximum Gasteiger partial charge on any atom is 0.268 e. The van der Waals surface area contributed by atoms with Crippen molar-refractivity contribution < 1.29 is 4.79 Å². The summed E-state index contributed by atoms with van der Waals surface area (Å²) in [6.07, 6.45) is 0. The Bertz CT molecular complexity index is 505. The van der Waals surface area contributed by atoms with Crippen LogP contribution in [0.3, 0.4) is 0 Å². The van der Waals surface area contributed by atoms with Gasteiger partial charge in [-0.2, -0.15) is 0 Å². The second-order valence-corrected chi connectivity index (χ2v) is 5.01. The molecule has 1 aromatic carbocycles. The maximum absolute atomic E-state index is 12.4. The average molecular weight is 260 g/mol. The zero-order chi connectivity index (χ0) is 13.0. The first-order valence-electron chi connectivity index (χ1n) is 5.84. The Morgan fingerprint density at radius 1 is 1.28 bits per heavy atom. The molecule has 4 heteroatoms. The van der Waals surface area contributed by atoms with Crippen LogP contribution < -0.4 is 10.6 Å². The van der Waals surface area contributed by atoms with Gasteiger partial charge in [0.25, 0.3) is 5.91 Å². The minimum absolute atomic E-state index is 0.0132. The molecule has 0 unspecified atom stereocenters. The molecule has 0 bridgehead atoms. The highest BCUT2D eigenvalue weighted by atomic mass is 32.1. The molecule has 2 rings (SSSR count). The molecular formula is C14H16N2OS. The van der Waals surface area contributed by atoms with Gasteiger partial charge in [-0.25, -0.2) is 0 Å². The second-order valence-electron chi connectivity index (χ2n) is 4.06. The van der Waals surface area contributed by atoms with Gasteiger partial charge in [-0.3, -0.25) is 4.79 Å². The fourth-order valence-electron chi connectivity index (χ4n) is 1.73. The summed E-state index contributed by atoms with van der Waals surface area (Å²) in [5.41, 5.74) is 7.67. The van der Waals surface area contributed by atoms with Crippen LogP contribution in [-0.2, 0) is 0 Å². The van der Waals surface area contributed by atoms with Crippen molar-refractivity contribution in [2.24, 2.45) is 5.73 Å². The van der Waals surface area contributed by atoms with Crippen molar-refractivity contribution in [2.45, 2.75) is 6.92 Å². The Hall–Kier alpha value is -1.65. The van der Waals surface area contributed by atoms with Crippen LogP contribution in [0.25, 0.3) is 0 Å². The van der Waals surface area contributed by atoms with Crippen LogP contribution in [0.1, 0.15) is 15.2 Å². The molecule has 0 fully saturated rings. The first-order valence-corrected chi connectivity index (χ1v) is 6.72. The van der Waals surface area contributed by atoms with Crippen LogP contribution in [0.15, 0.2) is 41.8 Å². The van der Waals surface area contributed by atoms with Crippen molar-refractivity contribution in [3.05, 3.63) is 52.2 Å². The van der Waals surface area contributed by atoms with E-state index in [1.807, 2.05) is 48.7 Å². The van der Waals surface area contributed by atoms with E-state index in [2.05, 4.69) is 0 Å². The van der Waals surface area contributed by atoms with Crippen molar-refractivity contribution in [2.75, 3.05) is 18.0 Å². The van der Waals surface area contributed by atoms with Crippen LogP contribution in [0.4, 0.5) is 5.69 Å². The smallest absolute Gasteiger partial charge is 0.268 e. The van der Waals surface area contributed by atoms with Crippen molar-refractivity contribution in [1.82, 2.24) is 0 Å². The first-order chi connectivity index (χ1) is 8.72. The zero-order valence-electron chi connectivity index (χ0n) is 10.3. The molecule has 1 aromatic heterocycles. The van der Waals surface area contributed by atoms with Gasteiger partial charge in [-0.15, -0.1) is 11.3 Å². The summed E-state index contributed by atoms with van der Waals surface area (Å²) < 4.78 is 0. The lowest BCUT2D eigenvalue weighted by Gasteiger charge is -2.21. The van der Waals surface area contributed by atoms with E-state index < -0.39 is 0 Å². The number of carbonyl (C=O) groups excluding carboxylic acids is 1. The molecule has 3 nitrogen and oxygen atoms in total. The molecule has 2 N–H and O–H groups in total. The van der Waals surface area contributed by atoms with Crippen molar-refractivity contribution in [3.63, 3.8) is 0 Å². The molecule has 0 aliphatic carbocycles. The van der Waals surface area contributed by atoms with Gasteiger partial charge in [0.2, 0.25) is 0 Å². The summed E-state index contributed by atoms with van der Waals surface area (Å²) in [5.74, 6) is 0.0132. The number of hydrogen-bond acceptors (Lipinski definition) is 3. The zero-order valence-corrected chi connectivity index (χ0v) is 11.1. The Kier molecular flexibility index (Phi) is 4.12. The van der Waals surface area contributed by atoms with Gasteiger partial charge in [0, 0.05) is 18.8 Å². The minimum atomic E-state index is 0.0132. The number of nitrogens with zero attached hydrogens (tertiary/aromatic N) is 1. The number of thiophene rings is 1. The quantitative estimate of drug-likeness (QED) is 0.918. The third kappa shape index (κ3) is 2.78. The van der Waals surface area contributed by atoms with E-state index in [9.17, 15) is 4.79 Å². The van der Waals surface area contributed by atoms with E-state index in [-0.39, 0.29) is 5.91 Å². The lowest BCUT2D eigenvalue weighted by Crippen LogP contribution is -2.34. The highest BCUT2D eigenvalue weighted by molar-refractivity contribution is 7.12. The summed E-state index contributed by atoms with van der Waals surface area (Å²) in [7, 11) is 0. The number of anilines is 1. The van der Waals surface area contributed by atoms with Crippen LogP contribution >= 0.6 is 11.3 Å². The molecule has 0 atom stereocenters. The Balaban J connectivity index is 2.28. The summed E-state index contributed by atoms with van der Waals surface area (Å²) in [6.45, 7) is 3.00. The lowest BCUT2D eigenvalue weighted by molar-refractivity contribution is 0.0991. The van der Waals surface area contributed by atoms with E-state index in [1.165, 1.54) is 16.9 Å². The monoisotopic (exact) mass is 260 g/mol. The molecule has 0 spiro atoms. The van der Waals surface area contributed by atoms with Gasteiger partial charge in [0.1, 0.15) is 0 Å². The Morgan fingerprint density at radius 3 is 2.56 bits per heavy atom. The Labute approximate surface area is 111 Å². The molecular weight excluding hydrogens is 244 g/mol. The molecule has 0 radical (unpaired) electrons. The van der Waals surface area contributed by atoms with Crippen LogP contribution in [0.5, 0.6) is 0 Å². The molecule has 94 valence electrons. The van der Waals surface area contributed by atoms with E-state index in [1.54, 1.807) is 4.90 Å². The first kappa shape index (κ1) is 12.8. The largest absolute Gasteiger partial charge is 0.329 e. The van der Waals surface area contributed by atoms with Gasteiger partial charge >= 0.3 is 0 Å². The predicted molar refractivity (Wildman–Crippen MR) is 76.2 cm³/mol. The number of nitrogens with two attached hydrogens (primary N) is 1. The predicted octanol–water partition coefficient (Wildman–Crippen LogP) is 2.66. The van der Waals surface area contributed by atoms with Crippen LogP contribution in [-0.4, -0.2) is 19.0 Å². The topological polar surface area (TPSA) is 46.3 Å². The summed E-state index contributed by atoms with van der Waals surface area (Å²) in [5, 5.41) is 1.91. The maximum atomic E-state index is 12.4. The third-order valence-electron chi connectivity index (χ3n) is 2.68. The SMILES string of the molecule is Cc1ccc(N(CCN)C(=O)c2cccs2)cc1. The van der Waals surface area contributed by atoms with E-state index >= 15 is 0 Å². The molecule has 1 heterocycles. The number of rotatable bonds is 4. The number of carbonyl (C=O) groups is 1. The number of aryl methyl sites for hydroxylation is 1. The normalized spacial score (nSPS) is 10.3. The van der Waals surface area contributed by atoms with Gasteiger partial charge in [0.15, 0.2) is 0 Å². The van der Waals surface area contributed by atoms with Crippen molar-refractivity contribution >= 4 is 22.9 Å². The summed E-state index contributed by atoms with van der Waals surface area (Å²) in [6, 6.07) is 11.6. The molecule has 0 saturated heterocycles. The summed E-state index contributed by atoms with van der Waals surface area (Å²) in [4.78, 5) is 14.8. The van der Waals surface area contributed by atoms with Gasteiger partial charge in [-0.1, -0.05) is 23.8 Å². The fraction of sp³-hybridized carbons (Fsp3) is 0.214. The lowest BCUT2D eigenvalue weighted by atomic mass is 10.2. The molecule has 0 saturated carbocycles. The number of amides is 1. The number of benzene rings is 1. The van der Waals surface area contributed by atoms with E-state index in [4.69, 9.17) is 5.73 Å². The van der Waals surface area contributed by atoms with Gasteiger partial charge in [0.05, 0.1) is 4.88 Å². The average Bonchev–Trinajstić information content (AvgIpc) is 2.90. The minimum Gasteiger partial charge on any atom is -0.329 e. The molecule has 1 amide bonds. The molecule has 2 aromatic rings. The molecule has 0 aliphatic heterocycles. The highest BCUT2D eigenvalue weighted by Gasteiger charge is 2.17. The number of hydrogen-bond donors (Lipinski definition) is 1. The van der Waals surface area contributed by atoms with Gasteiger partial charge in [-0.05, 0) is 30.5 Å². The fourth-order valence-corrected chi connectivity index (χ4v) is 2.41. The van der Waals surface area contributed by atoms with Gasteiger partial charge < -0.3 is 10.6 Å². The van der Waals surface area contributed by atoms with E-state index in [0.717, 1.165) is 10.6 Å². The van der Waals surface area contributed by atoms with Crippen LogP contribution in [0, 0.1) is 6.92 Å². The van der Waals surface area contributed by atoms with Crippen LogP contribution in [0.2, 0.25) is 0 Å².